The van der Waals surface area contributed by atoms with Gasteiger partial charge in [-0.25, -0.2) is 0 Å². The van der Waals surface area contributed by atoms with Crippen LogP contribution in [0.3, 0.4) is 0 Å². The highest BCUT2D eigenvalue weighted by Crippen LogP contribution is 2.05. The van der Waals surface area contributed by atoms with Crippen molar-refractivity contribution in [2.24, 2.45) is 5.92 Å². The molecular formula is C9H17BN. The van der Waals surface area contributed by atoms with Crippen molar-refractivity contribution in [2.75, 3.05) is 0 Å². The van der Waals surface area contributed by atoms with E-state index in [0.717, 1.165) is 0 Å². The van der Waals surface area contributed by atoms with Gasteiger partial charge in [0.05, 0.1) is 0 Å². The maximum Gasteiger partial charge on any atom is 0.138 e. The molecule has 0 spiro atoms. The number of hydrogen-bond acceptors (Lipinski definition) is 1. The molecular weight excluding hydrogens is 133 g/mol. The zero-order valence-corrected chi connectivity index (χ0v) is 7.94. The first kappa shape index (κ1) is 10.4. The van der Waals surface area contributed by atoms with E-state index in [1.165, 1.54) is 6.42 Å². The molecule has 0 aliphatic carbocycles. The van der Waals surface area contributed by atoms with E-state index in [-0.39, 0.29) is 0 Å². The van der Waals surface area contributed by atoms with Crippen LogP contribution in [0.25, 0.3) is 0 Å². The summed E-state index contributed by atoms with van der Waals surface area (Å²) < 4.78 is 0. The number of hydrogen-bond donors (Lipinski definition) is 1. The molecule has 11 heavy (non-hydrogen) atoms. The van der Waals surface area contributed by atoms with Gasteiger partial charge in [0, 0.05) is 12.0 Å². The monoisotopic (exact) mass is 150 g/mol. The second-order valence-electron chi connectivity index (χ2n) is 2.76. The van der Waals surface area contributed by atoms with Crippen molar-refractivity contribution in [3.63, 3.8) is 0 Å². The van der Waals surface area contributed by atoms with Gasteiger partial charge in [-0.3, -0.25) is 0 Å². The fraction of sp³-hybridized carbons (Fsp3) is 0.778. The van der Waals surface area contributed by atoms with Gasteiger partial charge in [-0.05, 0) is 12.8 Å². The lowest BCUT2D eigenvalue weighted by Gasteiger charge is -2.19. The minimum Gasteiger partial charge on any atom is -0.351 e. The fourth-order valence-electron chi connectivity index (χ4n) is 0.964. The van der Waals surface area contributed by atoms with Gasteiger partial charge in [0.1, 0.15) is 7.28 Å². The summed E-state index contributed by atoms with van der Waals surface area (Å²) in [6.45, 7) is 8.34. The molecule has 1 nitrogen and oxygen atoms in total. The van der Waals surface area contributed by atoms with E-state index in [4.69, 9.17) is 0 Å². The minimum atomic E-state index is 0.437. The largest absolute Gasteiger partial charge is 0.351 e. The van der Waals surface area contributed by atoms with E-state index in [2.05, 4.69) is 45.2 Å². The molecule has 0 rings (SSSR count). The molecule has 0 aliphatic rings. The van der Waals surface area contributed by atoms with Crippen LogP contribution in [0.1, 0.15) is 27.2 Å². The predicted octanol–water partition coefficient (Wildman–Crippen LogP) is 1.68. The number of nitrogens with one attached hydrogen (secondary N) is 1. The molecule has 1 radical (unpaired) electrons. The predicted molar refractivity (Wildman–Crippen MR) is 51.4 cm³/mol. The Morgan fingerprint density at radius 3 is 2.55 bits per heavy atom. The van der Waals surface area contributed by atoms with Crippen LogP contribution in [-0.4, -0.2) is 13.2 Å². The Kier molecular flexibility index (Phi) is 5.83. The van der Waals surface area contributed by atoms with E-state index in [9.17, 15) is 0 Å². The van der Waals surface area contributed by atoms with Gasteiger partial charge in [0.25, 0.3) is 0 Å². The van der Waals surface area contributed by atoms with Crippen LogP contribution in [0.4, 0.5) is 0 Å². The van der Waals surface area contributed by atoms with Crippen LogP contribution in [0.15, 0.2) is 0 Å². The molecule has 0 fully saturated rings. The highest BCUT2D eigenvalue weighted by molar-refractivity contribution is 6.35. The summed E-state index contributed by atoms with van der Waals surface area (Å²) in [6, 6.07) is 2.88. The normalized spacial score (nSPS) is 14.2. The van der Waals surface area contributed by atoms with Gasteiger partial charge in [0.2, 0.25) is 0 Å². The second kappa shape index (κ2) is 6.16. The van der Waals surface area contributed by atoms with E-state index >= 15 is 0 Å². The molecule has 0 amide bonds. The molecule has 0 aromatic rings. The Hall–Kier alpha value is -0.575. The van der Waals surface area contributed by atoms with Crippen LogP contribution >= 0.6 is 0 Å². The Morgan fingerprint density at radius 2 is 2.18 bits per heavy atom. The Morgan fingerprint density at radius 1 is 1.55 bits per heavy atom. The topological polar surface area (TPSA) is 12.0 Å². The molecule has 0 saturated carbocycles. The smallest absolute Gasteiger partial charge is 0.138 e. The van der Waals surface area contributed by atoms with Crippen molar-refractivity contribution in [3.05, 3.63) is 0 Å². The Labute approximate surface area is 71.2 Å². The summed E-state index contributed by atoms with van der Waals surface area (Å²) in [5.74, 6) is 3.94. The van der Waals surface area contributed by atoms with E-state index in [1.54, 1.807) is 0 Å². The summed E-state index contributed by atoms with van der Waals surface area (Å²) in [5.41, 5.74) is 0. The molecule has 2 atom stereocenters. The average molecular weight is 150 g/mol. The van der Waals surface area contributed by atoms with Crippen LogP contribution in [0.2, 0.25) is 6.82 Å². The summed E-state index contributed by atoms with van der Waals surface area (Å²) in [7, 11) is 2.17. The first-order valence-electron chi connectivity index (χ1n) is 4.23. The third kappa shape index (κ3) is 3.98. The summed E-state index contributed by atoms with van der Waals surface area (Å²) in [4.78, 5) is 0. The van der Waals surface area contributed by atoms with Crippen LogP contribution in [0, 0.1) is 17.9 Å². The van der Waals surface area contributed by atoms with E-state index < -0.39 is 0 Å². The van der Waals surface area contributed by atoms with Gasteiger partial charge < -0.3 is 5.32 Å². The maximum absolute atomic E-state index is 3.15. The quantitative estimate of drug-likeness (QED) is 0.365. The Balaban J connectivity index is 3.80. The number of rotatable bonds is 4. The highest BCUT2D eigenvalue weighted by Gasteiger charge is 2.11. The molecule has 0 heterocycles. The molecule has 1 unspecified atom stereocenters. The molecule has 0 aliphatic heterocycles. The van der Waals surface area contributed by atoms with Crippen LogP contribution in [-0.2, 0) is 0 Å². The van der Waals surface area contributed by atoms with Crippen molar-refractivity contribution < 1.29 is 0 Å². The van der Waals surface area contributed by atoms with Crippen molar-refractivity contribution >= 4 is 7.28 Å². The first-order chi connectivity index (χ1) is 5.26. The standard InChI is InChI=1S/C9H17BN/c1-5-7-11-9(10-4)8(3)6-2/h8-9,11H,6H2,1-4H3/t8-,9?/m0/s1. The molecule has 61 valence electrons. The van der Waals surface area contributed by atoms with Crippen molar-refractivity contribution in [1.29, 1.82) is 0 Å². The third-order valence-corrected chi connectivity index (χ3v) is 1.98. The molecule has 1 N–H and O–H groups in total. The third-order valence-electron chi connectivity index (χ3n) is 1.98. The van der Waals surface area contributed by atoms with Crippen LogP contribution in [0.5, 0.6) is 0 Å². The SMILES string of the molecule is C[B]C(NC#CC)[C@@H](C)CC. The van der Waals surface area contributed by atoms with Crippen molar-refractivity contribution in [1.82, 2.24) is 5.32 Å². The summed E-state index contributed by atoms with van der Waals surface area (Å²) >= 11 is 0. The lowest BCUT2D eigenvalue weighted by atomic mass is 9.66. The Bertz CT molecular complexity index is 145. The van der Waals surface area contributed by atoms with Gasteiger partial charge in [-0.15, -0.1) is 0 Å². The molecule has 2 heteroatoms. The molecule has 0 aromatic carbocycles. The zero-order valence-electron chi connectivity index (χ0n) is 7.94. The fourth-order valence-corrected chi connectivity index (χ4v) is 0.964. The minimum absolute atomic E-state index is 0.437. The average Bonchev–Trinajstić information content (AvgIpc) is 2.05. The molecule has 0 bridgehead atoms. The van der Waals surface area contributed by atoms with Gasteiger partial charge in [0.15, 0.2) is 0 Å². The van der Waals surface area contributed by atoms with E-state index in [0.29, 0.717) is 11.9 Å². The van der Waals surface area contributed by atoms with Crippen LogP contribution < -0.4 is 5.32 Å². The van der Waals surface area contributed by atoms with Crippen molar-refractivity contribution in [3.8, 4) is 12.0 Å². The summed E-state index contributed by atoms with van der Waals surface area (Å²) in [6.07, 6.45) is 1.19. The summed E-state index contributed by atoms with van der Waals surface area (Å²) in [5, 5.41) is 3.15. The lowest BCUT2D eigenvalue weighted by Crippen LogP contribution is -2.35. The zero-order chi connectivity index (χ0) is 8.69. The van der Waals surface area contributed by atoms with Gasteiger partial charge in [-0.2, -0.15) is 0 Å². The molecule has 0 aromatic heterocycles. The van der Waals surface area contributed by atoms with Gasteiger partial charge >= 0.3 is 0 Å². The highest BCUT2D eigenvalue weighted by atomic mass is 14.9. The second-order valence-corrected chi connectivity index (χ2v) is 2.76. The molecule has 0 saturated heterocycles. The van der Waals surface area contributed by atoms with Crippen molar-refractivity contribution in [2.45, 2.75) is 40.0 Å². The maximum atomic E-state index is 3.15. The van der Waals surface area contributed by atoms with E-state index in [1.807, 2.05) is 6.92 Å². The lowest BCUT2D eigenvalue weighted by molar-refractivity contribution is 0.499. The first-order valence-corrected chi connectivity index (χ1v) is 4.23. The van der Waals surface area contributed by atoms with Gasteiger partial charge in [-0.1, -0.05) is 33.0 Å².